The van der Waals surface area contributed by atoms with Crippen molar-refractivity contribution in [2.75, 3.05) is 39.3 Å². The largest absolute Gasteiger partial charge is 0.324 e. The third kappa shape index (κ3) is 2.20. The van der Waals surface area contributed by atoms with Gasteiger partial charge >= 0.3 is 0 Å². The average Bonchev–Trinajstić information content (AvgIpc) is 2.48. The van der Waals surface area contributed by atoms with Crippen molar-refractivity contribution in [3.05, 3.63) is 0 Å². The minimum Gasteiger partial charge on any atom is -0.324 e. The number of nitrogens with two attached hydrogens (primary N) is 1. The van der Waals surface area contributed by atoms with Crippen LogP contribution in [-0.4, -0.2) is 54.8 Å². The van der Waals surface area contributed by atoms with Crippen LogP contribution < -0.4 is 11.1 Å². The molecule has 1 unspecified atom stereocenters. The highest BCUT2D eigenvalue weighted by molar-refractivity contribution is 4.89. The van der Waals surface area contributed by atoms with Crippen LogP contribution >= 0.6 is 0 Å². The summed E-state index contributed by atoms with van der Waals surface area (Å²) in [4.78, 5) is 0. The first-order valence-corrected chi connectivity index (χ1v) is 5.17. The molecule has 0 aromatic carbocycles. The zero-order chi connectivity index (χ0) is 9.31. The molecule has 4 nitrogen and oxygen atoms in total. The summed E-state index contributed by atoms with van der Waals surface area (Å²) in [5, 5.41) is 8.22. The van der Waals surface area contributed by atoms with E-state index in [2.05, 4.69) is 22.3 Å². The van der Waals surface area contributed by atoms with Crippen LogP contribution in [0.3, 0.4) is 0 Å². The van der Waals surface area contributed by atoms with Crippen molar-refractivity contribution < 1.29 is 0 Å². The Morgan fingerprint density at radius 1 is 1.15 bits per heavy atom. The van der Waals surface area contributed by atoms with Gasteiger partial charge in [-0.15, -0.1) is 0 Å². The lowest BCUT2D eigenvalue weighted by Crippen LogP contribution is -2.53. The Bertz CT molecular complexity index is 174. The lowest BCUT2D eigenvalue weighted by molar-refractivity contribution is -0.0168. The highest BCUT2D eigenvalue weighted by Crippen LogP contribution is 2.19. The molecule has 2 aliphatic rings. The lowest BCUT2D eigenvalue weighted by atomic mass is 10.0. The predicted molar refractivity (Wildman–Crippen MR) is 53.2 cm³/mol. The molecule has 0 radical (unpaired) electrons. The van der Waals surface area contributed by atoms with Gasteiger partial charge in [0.05, 0.1) is 0 Å². The zero-order valence-electron chi connectivity index (χ0n) is 8.42. The van der Waals surface area contributed by atoms with Gasteiger partial charge in [0.2, 0.25) is 0 Å². The van der Waals surface area contributed by atoms with Gasteiger partial charge in [0.1, 0.15) is 0 Å². The summed E-state index contributed by atoms with van der Waals surface area (Å²) in [6.45, 7) is 8.79. The van der Waals surface area contributed by atoms with Gasteiger partial charge in [-0.3, -0.25) is 0 Å². The molecule has 1 atom stereocenters. The first kappa shape index (κ1) is 9.40. The molecule has 0 saturated carbocycles. The van der Waals surface area contributed by atoms with Crippen LogP contribution in [-0.2, 0) is 0 Å². The van der Waals surface area contributed by atoms with Crippen molar-refractivity contribution >= 4 is 0 Å². The van der Waals surface area contributed by atoms with E-state index in [0.717, 1.165) is 45.7 Å². The van der Waals surface area contributed by atoms with Gasteiger partial charge in [-0.1, -0.05) is 0 Å². The number of piperazine rings is 1. The van der Waals surface area contributed by atoms with Crippen molar-refractivity contribution in [1.82, 2.24) is 15.3 Å². The second kappa shape index (κ2) is 3.53. The first-order chi connectivity index (χ1) is 6.17. The highest BCUT2D eigenvalue weighted by atomic mass is 15.6. The molecule has 0 spiro atoms. The van der Waals surface area contributed by atoms with Crippen molar-refractivity contribution in [3.63, 3.8) is 0 Å². The Balaban J connectivity index is 1.87. The monoisotopic (exact) mass is 184 g/mol. The normalized spacial score (nSPS) is 38.3. The topological polar surface area (TPSA) is 44.5 Å². The molecular weight excluding hydrogens is 164 g/mol. The van der Waals surface area contributed by atoms with E-state index >= 15 is 0 Å². The predicted octanol–water partition coefficient (Wildman–Crippen LogP) is -0.770. The standard InChI is InChI=1S/C9H20N4/c1-9(10)2-5-13(8-9)12-6-3-11-4-7-12/h11H,2-8,10H2,1H3. The highest BCUT2D eigenvalue weighted by Gasteiger charge is 2.33. The van der Waals surface area contributed by atoms with Gasteiger partial charge in [-0.05, 0) is 13.3 Å². The Kier molecular flexibility index (Phi) is 2.55. The maximum absolute atomic E-state index is 6.09. The fourth-order valence-corrected chi connectivity index (χ4v) is 2.14. The molecule has 0 aliphatic carbocycles. The van der Waals surface area contributed by atoms with Gasteiger partial charge in [0.25, 0.3) is 0 Å². The summed E-state index contributed by atoms with van der Waals surface area (Å²) in [5.41, 5.74) is 6.12. The number of nitrogens with one attached hydrogen (secondary N) is 1. The average molecular weight is 184 g/mol. The van der Waals surface area contributed by atoms with Gasteiger partial charge in [0.15, 0.2) is 0 Å². The molecule has 0 aromatic rings. The summed E-state index contributed by atoms with van der Waals surface area (Å²) < 4.78 is 0. The van der Waals surface area contributed by atoms with Crippen molar-refractivity contribution in [1.29, 1.82) is 0 Å². The van der Waals surface area contributed by atoms with E-state index in [4.69, 9.17) is 5.73 Å². The van der Waals surface area contributed by atoms with Crippen molar-refractivity contribution in [3.8, 4) is 0 Å². The van der Waals surface area contributed by atoms with E-state index in [1.807, 2.05) is 0 Å². The molecule has 0 amide bonds. The Morgan fingerprint density at radius 2 is 1.85 bits per heavy atom. The van der Waals surface area contributed by atoms with E-state index in [9.17, 15) is 0 Å². The van der Waals surface area contributed by atoms with E-state index in [1.165, 1.54) is 0 Å². The SMILES string of the molecule is CC1(N)CCN(N2CCNCC2)C1. The Labute approximate surface area is 80.0 Å². The first-order valence-electron chi connectivity index (χ1n) is 5.17. The summed E-state index contributed by atoms with van der Waals surface area (Å²) >= 11 is 0. The summed E-state index contributed by atoms with van der Waals surface area (Å²) in [6.07, 6.45) is 1.12. The van der Waals surface area contributed by atoms with Gasteiger partial charge < -0.3 is 11.1 Å². The smallest absolute Gasteiger partial charge is 0.0311 e. The number of hydrazine groups is 1. The van der Waals surface area contributed by atoms with E-state index in [-0.39, 0.29) is 5.54 Å². The summed E-state index contributed by atoms with van der Waals surface area (Å²) in [6, 6.07) is 0. The minimum absolute atomic E-state index is 0.0326. The second-order valence-corrected chi connectivity index (χ2v) is 4.50. The van der Waals surface area contributed by atoms with Gasteiger partial charge in [0, 0.05) is 44.8 Å². The van der Waals surface area contributed by atoms with E-state index in [1.54, 1.807) is 0 Å². The molecule has 2 fully saturated rings. The molecule has 76 valence electrons. The van der Waals surface area contributed by atoms with Crippen LogP contribution in [0, 0.1) is 0 Å². The Morgan fingerprint density at radius 3 is 2.38 bits per heavy atom. The fourth-order valence-electron chi connectivity index (χ4n) is 2.14. The van der Waals surface area contributed by atoms with Gasteiger partial charge in [-0.25, -0.2) is 10.0 Å². The number of hydrogen-bond donors (Lipinski definition) is 2. The third-order valence-electron chi connectivity index (χ3n) is 2.98. The van der Waals surface area contributed by atoms with Crippen LogP contribution in [0.2, 0.25) is 0 Å². The minimum atomic E-state index is 0.0326. The zero-order valence-corrected chi connectivity index (χ0v) is 8.42. The van der Waals surface area contributed by atoms with Crippen LogP contribution in [0.4, 0.5) is 0 Å². The van der Waals surface area contributed by atoms with E-state index in [0.29, 0.717) is 0 Å². The molecule has 2 saturated heterocycles. The molecule has 0 bridgehead atoms. The Hall–Kier alpha value is -0.160. The fraction of sp³-hybridized carbons (Fsp3) is 1.00. The number of nitrogens with zero attached hydrogens (tertiary/aromatic N) is 2. The number of hydrogen-bond acceptors (Lipinski definition) is 4. The molecule has 2 rings (SSSR count). The summed E-state index contributed by atoms with van der Waals surface area (Å²) in [5.74, 6) is 0. The van der Waals surface area contributed by atoms with Crippen LogP contribution in [0.5, 0.6) is 0 Å². The van der Waals surface area contributed by atoms with Crippen LogP contribution in [0.1, 0.15) is 13.3 Å². The summed E-state index contributed by atoms with van der Waals surface area (Å²) in [7, 11) is 0. The molecular formula is C9H20N4. The number of rotatable bonds is 1. The van der Waals surface area contributed by atoms with Crippen LogP contribution in [0.15, 0.2) is 0 Å². The molecule has 3 N–H and O–H groups in total. The maximum Gasteiger partial charge on any atom is 0.0311 e. The second-order valence-electron chi connectivity index (χ2n) is 4.50. The van der Waals surface area contributed by atoms with Gasteiger partial charge in [-0.2, -0.15) is 0 Å². The maximum atomic E-state index is 6.09. The molecule has 13 heavy (non-hydrogen) atoms. The molecule has 2 aliphatic heterocycles. The van der Waals surface area contributed by atoms with Crippen LogP contribution in [0.25, 0.3) is 0 Å². The lowest BCUT2D eigenvalue weighted by Gasteiger charge is -2.35. The molecule has 2 heterocycles. The molecule has 0 aromatic heterocycles. The van der Waals surface area contributed by atoms with Crippen molar-refractivity contribution in [2.24, 2.45) is 5.73 Å². The van der Waals surface area contributed by atoms with E-state index < -0.39 is 0 Å². The quantitative estimate of drug-likeness (QED) is 0.562. The van der Waals surface area contributed by atoms with Crippen molar-refractivity contribution in [2.45, 2.75) is 18.9 Å². The molecule has 4 heteroatoms. The third-order valence-corrected chi connectivity index (χ3v) is 2.98.